The summed E-state index contributed by atoms with van der Waals surface area (Å²) in [5.74, 6) is -0.567. The summed E-state index contributed by atoms with van der Waals surface area (Å²) in [6.45, 7) is 1.43. The summed E-state index contributed by atoms with van der Waals surface area (Å²) in [6, 6.07) is 0. The third-order valence-electron chi connectivity index (χ3n) is 1.48. The van der Waals surface area contributed by atoms with E-state index in [1.165, 1.54) is 6.08 Å². The highest BCUT2D eigenvalue weighted by Gasteiger charge is 2.11. The summed E-state index contributed by atoms with van der Waals surface area (Å²) < 4.78 is 5.05. The lowest BCUT2D eigenvalue weighted by Crippen LogP contribution is -1.95. The Kier molecular flexibility index (Phi) is 2.45. The largest absolute Gasteiger partial charge is 0.478 e. The third-order valence-corrected chi connectivity index (χ3v) is 1.48. The van der Waals surface area contributed by atoms with Crippen LogP contribution < -0.4 is 0 Å². The SMILES string of the molecule is O=C(O)/C=C\[C@H]1CCOC1. The standard InChI is InChI=1S/C7H10O3/c8-7(9)2-1-6-3-4-10-5-6/h1-2,6H,3-5H2,(H,8,9)/b2-1-/t6-/m0/s1. The van der Waals surface area contributed by atoms with Crippen LogP contribution in [0.25, 0.3) is 0 Å². The highest BCUT2D eigenvalue weighted by Crippen LogP contribution is 2.12. The van der Waals surface area contributed by atoms with E-state index in [1.807, 2.05) is 0 Å². The van der Waals surface area contributed by atoms with Gasteiger partial charge in [-0.3, -0.25) is 0 Å². The van der Waals surface area contributed by atoms with Crippen LogP contribution in [0.1, 0.15) is 6.42 Å². The van der Waals surface area contributed by atoms with E-state index in [1.54, 1.807) is 6.08 Å². The van der Waals surface area contributed by atoms with Crippen molar-refractivity contribution in [3.05, 3.63) is 12.2 Å². The topological polar surface area (TPSA) is 46.5 Å². The van der Waals surface area contributed by atoms with E-state index in [0.717, 1.165) is 13.0 Å². The second kappa shape index (κ2) is 3.37. The predicted molar refractivity (Wildman–Crippen MR) is 35.7 cm³/mol. The third kappa shape index (κ3) is 2.19. The number of hydrogen-bond acceptors (Lipinski definition) is 2. The Morgan fingerprint density at radius 2 is 2.50 bits per heavy atom. The normalized spacial score (nSPS) is 25.8. The van der Waals surface area contributed by atoms with Crippen molar-refractivity contribution >= 4 is 5.97 Å². The zero-order valence-corrected chi connectivity index (χ0v) is 5.62. The first-order chi connectivity index (χ1) is 4.79. The van der Waals surface area contributed by atoms with Gasteiger partial charge in [-0.2, -0.15) is 0 Å². The maximum absolute atomic E-state index is 10.0. The minimum atomic E-state index is -0.882. The molecule has 10 heavy (non-hydrogen) atoms. The van der Waals surface area contributed by atoms with Gasteiger partial charge in [0.25, 0.3) is 0 Å². The molecule has 0 aromatic carbocycles. The van der Waals surface area contributed by atoms with Crippen LogP contribution in [0.3, 0.4) is 0 Å². The molecular weight excluding hydrogens is 132 g/mol. The van der Waals surface area contributed by atoms with E-state index >= 15 is 0 Å². The summed E-state index contributed by atoms with van der Waals surface area (Å²) in [5.41, 5.74) is 0. The number of carbonyl (C=O) groups is 1. The Hall–Kier alpha value is -0.830. The molecule has 0 aromatic heterocycles. The van der Waals surface area contributed by atoms with Crippen molar-refractivity contribution in [2.75, 3.05) is 13.2 Å². The molecular formula is C7H10O3. The zero-order valence-electron chi connectivity index (χ0n) is 5.62. The number of rotatable bonds is 2. The van der Waals surface area contributed by atoms with E-state index in [2.05, 4.69) is 0 Å². The van der Waals surface area contributed by atoms with Gasteiger partial charge in [-0.25, -0.2) is 4.79 Å². The number of ether oxygens (including phenoxy) is 1. The summed E-state index contributed by atoms with van der Waals surface area (Å²) in [7, 11) is 0. The monoisotopic (exact) mass is 142 g/mol. The maximum atomic E-state index is 10.0. The van der Waals surface area contributed by atoms with Crippen molar-refractivity contribution in [3.8, 4) is 0 Å². The summed E-state index contributed by atoms with van der Waals surface area (Å²) in [5, 5.41) is 8.25. The quantitative estimate of drug-likeness (QED) is 0.576. The molecule has 1 heterocycles. The minimum Gasteiger partial charge on any atom is -0.478 e. The molecule has 3 heteroatoms. The molecule has 1 rings (SSSR count). The fourth-order valence-corrected chi connectivity index (χ4v) is 0.923. The second-order valence-corrected chi connectivity index (χ2v) is 2.32. The first-order valence-electron chi connectivity index (χ1n) is 3.28. The fraction of sp³-hybridized carbons (Fsp3) is 0.571. The molecule has 3 nitrogen and oxygen atoms in total. The fourth-order valence-electron chi connectivity index (χ4n) is 0.923. The van der Waals surface area contributed by atoms with E-state index in [0.29, 0.717) is 12.5 Å². The molecule has 0 spiro atoms. The van der Waals surface area contributed by atoms with Gasteiger partial charge in [0, 0.05) is 18.6 Å². The molecule has 1 N–H and O–H groups in total. The molecule has 0 aliphatic carbocycles. The van der Waals surface area contributed by atoms with Gasteiger partial charge in [-0.1, -0.05) is 6.08 Å². The van der Waals surface area contributed by atoms with Gasteiger partial charge < -0.3 is 9.84 Å². The number of carboxylic acid groups (broad SMARTS) is 1. The van der Waals surface area contributed by atoms with E-state index < -0.39 is 5.97 Å². The molecule has 1 saturated heterocycles. The van der Waals surface area contributed by atoms with Crippen molar-refractivity contribution < 1.29 is 14.6 Å². The lowest BCUT2D eigenvalue weighted by Gasteiger charge is -1.94. The number of carboxylic acids is 1. The highest BCUT2D eigenvalue weighted by molar-refractivity contribution is 5.79. The second-order valence-electron chi connectivity index (χ2n) is 2.32. The molecule has 1 aliphatic heterocycles. The van der Waals surface area contributed by atoms with Crippen LogP contribution in [0.4, 0.5) is 0 Å². The number of hydrogen-bond donors (Lipinski definition) is 1. The van der Waals surface area contributed by atoms with Crippen molar-refractivity contribution in [1.82, 2.24) is 0 Å². The first kappa shape index (κ1) is 7.28. The molecule has 0 amide bonds. The highest BCUT2D eigenvalue weighted by atomic mass is 16.5. The van der Waals surface area contributed by atoms with Crippen LogP contribution in [-0.4, -0.2) is 24.3 Å². The molecule has 1 aliphatic rings. The van der Waals surface area contributed by atoms with E-state index in [-0.39, 0.29) is 0 Å². The Balaban J connectivity index is 2.29. The van der Waals surface area contributed by atoms with Crippen LogP contribution in [0, 0.1) is 5.92 Å². The lowest BCUT2D eigenvalue weighted by atomic mass is 10.1. The van der Waals surface area contributed by atoms with Crippen molar-refractivity contribution in [3.63, 3.8) is 0 Å². The molecule has 56 valence electrons. The Morgan fingerprint density at radius 1 is 1.70 bits per heavy atom. The summed E-state index contributed by atoms with van der Waals surface area (Å²) >= 11 is 0. The Labute approximate surface area is 59.3 Å². The van der Waals surface area contributed by atoms with Crippen LogP contribution in [-0.2, 0) is 9.53 Å². The van der Waals surface area contributed by atoms with E-state index in [9.17, 15) is 4.79 Å². The van der Waals surface area contributed by atoms with Gasteiger partial charge >= 0.3 is 5.97 Å². The first-order valence-corrected chi connectivity index (χ1v) is 3.28. The van der Waals surface area contributed by atoms with Crippen LogP contribution >= 0.6 is 0 Å². The maximum Gasteiger partial charge on any atom is 0.327 e. The van der Waals surface area contributed by atoms with Crippen LogP contribution in [0.5, 0.6) is 0 Å². The van der Waals surface area contributed by atoms with Gasteiger partial charge in [0.2, 0.25) is 0 Å². The van der Waals surface area contributed by atoms with Crippen LogP contribution in [0.2, 0.25) is 0 Å². The average Bonchev–Trinajstić information content (AvgIpc) is 2.34. The van der Waals surface area contributed by atoms with Crippen molar-refractivity contribution in [2.45, 2.75) is 6.42 Å². The van der Waals surface area contributed by atoms with Gasteiger partial charge in [0.1, 0.15) is 0 Å². The molecule has 0 bridgehead atoms. The summed E-state index contributed by atoms with van der Waals surface area (Å²) in [6.07, 6.45) is 3.82. The minimum absolute atomic E-state index is 0.316. The van der Waals surface area contributed by atoms with Gasteiger partial charge in [0.05, 0.1) is 6.61 Å². The van der Waals surface area contributed by atoms with E-state index in [4.69, 9.17) is 9.84 Å². The van der Waals surface area contributed by atoms with Gasteiger partial charge in [0.15, 0.2) is 0 Å². The molecule has 1 fully saturated rings. The van der Waals surface area contributed by atoms with Gasteiger partial charge in [-0.15, -0.1) is 0 Å². The molecule has 0 saturated carbocycles. The molecule has 0 aromatic rings. The van der Waals surface area contributed by atoms with Crippen molar-refractivity contribution in [1.29, 1.82) is 0 Å². The molecule has 0 unspecified atom stereocenters. The van der Waals surface area contributed by atoms with Crippen LogP contribution in [0.15, 0.2) is 12.2 Å². The number of aliphatic carboxylic acids is 1. The zero-order chi connectivity index (χ0) is 7.40. The average molecular weight is 142 g/mol. The van der Waals surface area contributed by atoms with Gasteiger partial charge in [-0.05, 0) is 6.42 Å². The lowest BCUT2D eigenvalue weighted by molar-refractivity contribution is -0.131. The summed E-state index contributed by atoms with van der Waals surface area (Å²) in [4.78, 5) is 10.0. The molecule has 0 radical (unpaired) electrons. The predicted octanol–water partition coefficient (Wildman–Crippen LogP) is 0.664. The Morgan fingerprint density at radius 3 is 3.00 bits per heavy atom. The molecule has 1 atom stereocenters. The smallest absolute Gasteiger partial charge is 0.327 e. The van der Waals surface area contributed by atoms with Crippen molar-refractivity contribution in [2.24, 2.45) is 5.92 Å². The Bertz CT molecular complexity index is 145.